The van der Waals surface area contributed by atoms with Crippen LogP contribution >= 0.6 is 0 Å². The van der Waals surface area contributed by atoms with Gasteiger partial charge in [0.2, 0.25) is 0 Å². The van der Waals surface area contributed by atoms with Crippen molar-refractivity contribution in [3.63, 3.8) is 0 Å². The molecular formula is C5H12BrN2O-. The van der Waals surface area contributed by atoms with Crippen molar-refractivity contribution in [2.24, 2.45) is 0 Å². The predicted molar refractivity (Wildman–Crippen MR) is 31.3 cm³/mol. The zero-order valence-electron chi connectivity index (χ0n) is 5.31. The first-order valence-corrected chi connectivity index (χ1v) is 3.03. The number of β-amino-alcohol motifs (C(OH)–C–C–N with tert-alkyl or cyclic N) is 1. The molecule has 0 aromatic rings. The Morgan fingerprint density at radius 2 is 2.33 bits per heavy atom. The molecule has 0 amide bonds. The molecule has 0 saturated carbocycles. The largest absolute Gasteiger partial charge is 1.00 e. The van der Waals surface area contributed by atoms with Gasteiger partial charge in [0.1, 0.15) is 0 Å². The van der Waals surface area contributed by atoms with Gasteiger partial charge in [-0.2, -0.15) is 0 Å². The Morgan fingerprint density at radius 1 is 1.56 bits per heavy atom. The van der Waals surface area contributed by atoms with E-state index in [0.717, 1.165) is 19.6 Å². The number of hydrazine groups is 1. The van der Waals surface area contributed by atoms with Gasteiger partial charge in [-0.15, -0.1) is 0 Å². The van der Waals surface area contributed by atoms with Crippen LogP contribution in [0.4, 0.5) is 0 Å². The van der Waals surface area contributed by atoms with E-state index in [1.807, 2.05) is 5.01 Å². The number of aliphatic hydroxyl groups excluding tert-OH is 1. The molecule has 3 nitrogen and oxygen atoms in total. The van der Waals surface area contributed by atoms with Crippen molar-refractivity contribution in [3.8, 4) is 0 Å². The van der Waals surface area contributed by atoms with Crippen molar-refractivity contribution in [1.82, 2.24) is 10.4 Å². The lowest BCUT2D eigenvalue weighted by Crippen LogP contribution is -3.00. The fourth-order valence-electron chi connectivity index (χ4n) is 0.898. The van der Waals surface area contributed by atoms with Crippen LogP contribution < -0.4 is 22.4 Å². The molecule has 0 atom stereocenters. The van der Waals surface area contributed by atoms with Gasteiger partial charge < -0.3 is 22.1 Å². The van der Waals surface area contributed by atoms with Gasteiger partial charge in [0, 0.05) is 19.6 Å². The minimum Gasteiger partial charge on any atom is -1.00 e. The SMILES string of the molecule is OCCN1CCCN1.[Br-]. The summed E-state index contributed by atoms with van der Waals surface area (Å²) in [5.74, 6) is 0. The smallest absolute Gasteiger partial charge is 0.0572 e. The van der Waals surface area contributed by atoms with Crippen LogP contribution in [0.5, 0.6) is 0 Å². The van der Waals surface area contributed by atoms with Crippen molar-refractivity contribution in [2.75, 3.05) is 26.2 Å². The maximum atomic E-state index is 8.44. The van der Waals surface area contributed by atoms with Crippen LogP contribution in [0.1, 0.15) is 6.42 Å². The quantitative estimate of drug-likeness (QED) is 0.475. The van der Waals surface area contributed by atoms with Crippen LogP contribution in [0, 0.1) is 0 Å². The first-order valence-electron chi connectivity index (χ1n) is 3.03. The Hall–Kier alpha value is 0.360. The molecule has 1 aliphatic heterocycles. The molecule has 2 N–H and O–H groups in total. The van der Waals surface area contributed by atoms with Gasteiger partial charge in [0.05, 0.1) is 6.61 Å². The zero-order valence-corrected chi connectivity index (χ0v) is 6.89. The van der Waals surface area contributed by atoms with Gasteiger partial charge in [-0.1, -0.05) is 0 Å². The highest BCUT2D eigenvalue weighted by Gasteiger charge is 2.07. The third kappa shape index (κ3) is 3.15. The number of rotatable bonds is 2. The topological polar surface area (TPSA) is 35.5 Å². The second-order valence-corrected chi connectivity index (χ2v) is 1.97. The van der Waals surface area contributed by atoms with Crippen molar-refractivity contribution in [2.45, 2.75) is 6.42 Å². The second-order valence-electron chi connectivity index (χ2n) is 1.97. The number of nitrogens with zero attached hydrogens (tertiary/aromatic N) is 1. The van der Waals surface area contributed by atoms with Crippen LogP contribution in [0.15, 0.2) is 0 Å². The van der Waals surface area contributed by atoms with Gasteiger partial charge in [-0.05, 0) is 6.42 Å². The summed E-state index contributed by atoms with van der Waals surface area (Å²) in [6, 6.07) is 0. The first kappa shape index (κ1) is 9.36. The maximum absolute atomic E-state index is 8.44. The zero-order chi connectivity index (χ0) is 5.82. The predicted octanol–water partition coefficient (Wildman–Crippen LogP) is -3.81. The number of hydrogen-bond donors (Lipinski definition) is 2. The van der Waals surface area contributed by atoms with Crippen molar-refractivity contribution in [1.29, 1.82) is 0 Å². The number of aliphatic hydroxyl groups is 1. The average molecular weight is 196 g/mol. The Bertz CT molecular complexity index is 66.0. The van der Waals surface area contributed by atoms with Crippen LogP contribution in [-0.2, 0) is 0 Å². The molecule has 1 saturated heterocycles. The van der Waals surface area contributed by atoms with E-state index in [1.165, 1.54) is 6.42 Å². The molecule has 0 bridgehead atoms. The Morgan fingerprint density at radius 3 is 2.78 bits per heavy atom. The molecule has 0 spiro atoms. The monoisotopic (exact) mass is 195 g/mol. The molecular weight excluding hydrogens is 184 g/mol. The Labute approximate surface area is 65.8 Å². The summed E-state index contributed by atoms with van der Waals surface area (Å²) in [6.45, 7) is 3.17. The van der Waals surface area contributed by atoms with E-state index < -0.39 is 0 Å². The van der Waals surface area contributed by atoms with Crippen LogP contribution in [-0.4, -0.2) is 36.4 Å². The lowest BCUT2D eigenvalue weighted by Gasteiger charge is -2.11. The van der Waals surface area contributed by atoms with Gasteiger partial charge >= 0.3 is 0 Å². The molecule has 0 aromatic carbocycles. The van der Waals surface area contributed by atoms with E-state index in [1.54, 1.807) is 0 Å². The number of nitrogens with one attached hydrogen (secondary N) is 1. The Balaban J connectivity index is 0.000000640. The first-order chi connectivity index (χ1) is 3.93. The fraction of sp³-hybridized carbons (Fsp3) is 1.00. The third-order valence-corrected chi connectivity index (χ3v) is 1.31. The summed E-state index contributed by atoms with van der Waals surface area (Å²) in [4.78, 5) is 0. The maximum Gasteiger partial charge on any atom is 0.0572 e. The number of hydrogen-bond acceptors (Lipinski definition) is 3. The van der Waals surface area contributed by atoms with E-state index >= 15 is 0 Å². The summed E-state index contributed by atoms with van der Waals surface area (Å²) in [5, 5.41) is 10.5. The normalized spacial score (nSPS) is 19.7. The summed E-state index contributed by atoms with van der Waals surface area (Å²) < 4.78 is 0. The minimum absolute atomic E-state index is 0. The van der Waals surface area contributed by atoms with E-state index in [2.05, 4.69) is 5.43 Å². The molecule has 0 unspecified atom stereocenters. The summed E-state index contributed by atoms with van der Waals surface area (Å²) in [5.41, 5.74) is 3.13. The molecule has 0 radical (unpaired) electrons. The molecule has 4 heteroatoms. The van der Waals surface area contributed by atoms with E-state index in [-0.39, 0.29) is 23.6 Å². The van der Waals surface area contributed by atoms with E-state index in [0.29, 0.717) is 0 Å². The van der Waals surface area contributed by atoms with Gasteiger partial charge in [0.25, 0.3) is 0 Å². The third-order valence-electron chi connectivity index (χ3n) is 1.31. The highest BCUT2D eigenvalue weighted by molar-refractivity contribution is 4.59. The molecule has 0 aliphatic carbocycles. The lowest BCUT2D eigenvalue weighted by atomic mass is 10.5. The van der Waals surface area contributed by atoms with Gasteiger partial charge in [-0.3, -0.25) is 5.43 Å². The minimum atomic E-state index is 0. The highest BCUT2D eigenvalue weighted by atomic mass is 79.9. The van der Waals surface area contributed by atoms with E-state index in [4.69, 9.17) is 5.11 Å². The van der Waals surface area contributed by atoms with Crippen LogP contribution in [0.25, 0.3) is 0 Å². The molecule has 1 fully saturated rings. The summed E-state index contributed by atoms with van der Waals surface area (Å²) >= 11 is 0. The van der Waals surface area contributed by atoms with Crippen LogP contribution in [0.3, 0.4) is 0 Å². The van der Waals surface area contributed by atoms with Crippen LogP contribution in [0.2, 0.25) is 0 Å². The second kappa shape index (κ2) is 5.17. The fourth-order valence-corrected chi connectivity index (χ4v) is 0.898. The lowest BCUT2D eigenvalue weighted by molar-refractivity contribution is -0.00000301. The van der Waals surface area contributed by atoms with Crippen molar-refractivity contribution >= 4 is 0 Å². The molecule has 1 heterocycles. The van der Waals surface area contributed by atoms with Gasteiger partial charge in [-0.25, -0.2) is 5.01 Å². The van der Waals surface area contributed by atoms with E-state index in [9.17, 15) is 0 Å². The summed E-state index contributed by atoms with van der Waals surface area (Å²) in [7, 11) is 0. The average Bonchev–Trinajstić information content (AvgIpc) is 2.19. The van der Waals surface area contributed by atoms with Crippen molar-refractivity contribution in [3.05, 3.63) is 0 Å². The summed E-state index contributed by atoms with van der Waals surface area (Å²) in [6.07, 6.45) is 1.21. The number of halogens is 1. The standard InChI is InChI=1S/C5H12N2O.BrH/c8-5-4-7-3-1-2-6-7;/h6,8H,1-5H2;1H/p-1. The molecule has 9 heavy (non-hydrogen) atoms. The molecule has 0 aromatic heterocycles. The molecule has 1 rings (SSSR count). The van der Waals surface area contributed by atoms with Crippen molar-refractivity contribution < 1.29 is 22.1 Å². The van der Waals surface area contributed by atoms with Gasteiger partial charge in [0.15, 0.2) is 0 Å². The Kier molecular flexibility index (Phi) is 5.38. The molecule has 56 valence electrons. The molecule has 1 aliphatic rings. The highest BCUT2D eigenvalue weighted by Crippen LogP contribution is 1.92.